The fourth-order valence-corrected chi connectivity index (χ4v) is 2.20. The molecule has 0 amide bonds. The van der Waals surface area contributed by atoms with E-state index in [0.29, 0.717) is 5.69 Å². The molecule has 0 aliphatic carbocycles. The van der Waals surface area contributed by atoms with E-state index < -0.39 is 0 Å². The summed E-state index contributed by atoms with van der Waals surface area (Å²) in [6, 6.07) is 9.32. The predicted molar refractivity (Wildman–Crippen MR) is 74.6 cm³/mol. The van der Waals surface area contributed by atoms with Crippen LogP contribution in [0.5, 0.6) is 5.75 Å². The second-order valence-corrected chi connectivity index (χ2v) is 4.27. The first-order valence-electron chi connectivity index (χ1n) is 5.94. The van der Waals surface area contributed by atoms with Gasteiger partial charge in [-0.15, -0.1) is 0 Å². The van der Waals surface area contributed by atoms with Gasteiger partial charge in [0, 0.05) is 11.9 Å². The molecule has 0 saturated carbocycles. The summed E-state index contributed by atoms with van der Waals surface area (Å²) in [6.45, 7) is 1.93. The van der Waals surface area contributed by atoms with Crippen LogP contribution in [0.15, 0.2) is 36.5 Å². The largest absolute Gasteiger partial charge is 0.495 e. The van der Waals surface area contributed by atoms with E-state index in [4.69, 9.17) is 10.5 Å². The van der Waals surface area contributed by atoms with Crippen molar-refractivity contribution in [3.63, 3.8) is 0 Å². The number of hydrogen-bond donors (Lipinski definition) is 1. The Bertz CT molecular complexity index is 748. The minimum Gasteiger partial charge on any atom is -0.495 e. The van der Waals surface area contributed by atoms with Crippen molar-refractivity contribution in [2.24, 2.45) is 0 Å². The number of aryl methyl sites for hydroxylation is 1. The van der Waals surface area contributed by atoms with Crippen molar-refractivity contribution in [1.29, 1.82) is 0 Å². The van der Waals surface area contributed by atoms with Crippen LogP contribution < -0.4 is 10.5 Å². The number of ether oxygens (including phenoxy) is 1. The highest BCUT2D eigenvalue weighted by Crippen LogP contribution is 2.29. The molecule has 3 aromatic rings. The van der Waals surface area contributed by atoms with Gasteiger partial charge >= 0.3 is 0 Å². The van der Waals surface area contributed by atoms with Crippen molar-refractivity contribution < 1.29 is 4.74 Å². The Kier molecular flexibility index (Phi) is 2.59. The molecule has 5 heteroatoms. The topological polar surface area (TPSA) is 66.0 Å². The lowest BCUT2D eigenvalue weighted by molar-refractivity contribution is 0.413. The molecule has 0 bridgehead atoms. The SMILES string of the molecule is COc1ccc(N)cc1-n1c(C)nc2cccnc21. The van der Waals surface area contributed by atoms with Gasteiger partial charge in [-0.25, -0.2) is 9.97 Å². The minimum atomic E-state index is 0.674. The molecule has 0 radical (unpaired) electrons. The van der Waals surface area contributed by atoms with Gasteiger partial charge in [-0.3, -0.25) is 4.57 Å². The quantitative estimate of drug-likeness (QED) is 0.713. The molecule has 19 heavy (non-hydrogen) atoms. The molecule has 2 heterocycles. The third kappa shape index (κ3) is 1.79. The van der Waals surface area contributed by atoms with Gasteiger partial charge in [0.15, 0.2) is 5.65 Å². The van der Waals surface area contributed by atoms with Crippen LogP contribution in [0.25, 0.3) is 16.9 Å². The van der Waals surface area contributed by atoms with Gasteiger partial charge in [0.25, 0.3) is 0 Å². The van der Waals surface area contributed by atoms with Gasteiger partial charge in [0.05, 0.1) is 12.8 Å². The number of benzene rings is 1. The number of imidazole rings is 1. The third-order valence-corrected chi connectivity index (χ3v) is 3.03. The van der Waals surface area contributed by atoms with Crippen LogP contribution in [0, 0.1) is 6.92 Å². The van der Waals surface area contributed by atoms with Crippen molar-refractivity contribution >= 4 is 16.9 Å². The number of fused-ring (bicyclic) bond motifs is 1. The average molecular weight is 254 g/mol. The van der Waals surface area contributed by atoms with E-state index in [1.807, 2.05) is 41.8 Å². The van der Waals surface area contributed by atoms with E-state index in [2.05, 4.69) is 9.97 Å². The lowest BCUT2D eigenvalue weighted by Crippen LogP contribution is -2.02. The molecule has 0 atom stereocenters. The van der Waals surface area contributed by atoms with Crippen molar-refractivity contribution in [3.05, 3.63) is 42.4 Å². The highest BCUT2D eigenvalue weighted by molar-refractivity contribution is 5.75. The molecule has 96 valence electrons. The van der Waals surface area contributed by atoms with Crippen LogP contribution in [0.4, 0.5) is 5.69 Å². The summed E-state index contributed by atoms with van der Waals surface area (Å²) in [5, 5.41) is 0. The lowest BCUT2D eigenvalue weighted by atomic mass is 10.2. The molecule has 1 aromatic carbocycles. The molecule has 0 saturated heterocycles. The van der Waals surface area contributed by atoms with Crippen LogP contribution in [0.1, 0.15) is 5.82 Å². The molecule has 0 spiro atoms. The number of nitrogens with two attached hydrogens (primary N) is 1. The first-order chi connectivity index (χ1) is 9.20. The lowest BCUT2D eigenvalue weighted by Gasteiger charge is -2.12. The number of anilines is 1. The summed E-state index contributed by atoms with van der Waals surface area (Å²) in [7, 11) is 1.64. The van der Waals surface area contributed by atoms with Crippen LogP contribution in [-0.2, 0) is 0 Å². The summed E-state index contributed by atoms with van der Waals surface area (Å²) in [5.74, 6) is 1.58. The average Bonchev–Trinajstić information content (AvgIpc) is 2.74. The molecule has 0 unspecified atom stereocenters. The number of pyridine rings is 1. The van der Waals surface area contributed by atoms with E-state index >= 15 is 0 Å². The van der Waals surface area contributed by atoms with E-state index in [1.165, 1.54) is 0 Å². The van der Waals surface area contributed by atoms with Crippen LogP contribution in [-0.4, -0.2) is 21.6 Å². The van der Waals surface area contributed by atoms with Crippen LogP contribution in [0.3, 0.4) is 0 Å². The molecular weight excluding hydrogens is 240 g/mol. The summed E-state index contributed by atoms with van der Waals surface area (Å²) in [6.07, 6.45) is 1.75. The Morgan fingerprint density at radius 1 is 1.26 bits per heavy atom. The molecule has 0 fully saturated rings. The summed E-state index contributed by atoms with van der Waals surface area (Å²) in [4.78, 5) is 8.89. The molecule has 0 aliphatic rings. The number of hydrogen-bond acceptors (Lipinski definition) is 4. The van der Waals surface area contributed by atoms with Gasteiger partial charge in [0.2, 0.25) is 0 Å². The zero-order chi connectivity index (χ0) is 13.4. The first-order valence-corrected chi connectivity index (χ1v) is 5.94. The number of methoxy groups -OCH3 is 1. The van der Waals surface area contributed by atoms with Gasteiger partial charge < -0.3 is 10.5 Å². The van der Waals surface area contributed by atoms with Gasteiger partial charge in [0.1, 0.15) is 17.1 Å². The molecule has 5 nitrogen and oxygen atoms in total. The maximum atomic E-state index is 5.87. The van der Waals surface area contributed by atoms with E-state index in [9.17, 15) is 0 Å². The smallest absolute Gasteiger partial charge is 0.164 e. The zero-order valence-electron chi connectivity index (χ0n) is 10.8. The number of nitrogen functional groups attached to an aromatic ring is 1. The van der Waals surface area contributed by atoms with Crippen molar-refractivity contribution in [2.45, 2.75) is 6.92 Å². The Labute approximate surface area is 110 Å². The predicted octanol–water partition coefficient (Wildman–Crippen LogP) is 2.32. The van der Waals surface area contributed by atoms with Gasteiger partial charge in [-0.05, 0) is 37.3 Å². The van der Waals surface area contributed by atoms with Crippen LogP contribution >= 0.6 is 0 Å². The molecule has 0 aliphatic heterocycles. The molecule has 2 N–H and O–H groups in total. The summed E-state index contributed by atoms with van der Waals surface area (Å²) < 4.78 is 7.35. The molecular formula is C14H14N4O. The number of rotatable bonds is 2. The maximum Gasteiger partial charge on any atom is 0.164 e. The highest BCUT2D eigenvalue weighted by Gasteiger charge is 2.14. The van der Waals surface area contributed by atoms with Crippen molar-refractivity contribution in [1.82, 2.24) is 14.5 Å². The Hall–Kier alpha value is -2.56. The Morgan fingerprint density at radius 2 is 2.11 bits per heavy atom. The summed E-state index contributed by atoms with van der Waals surface area (Å²) >= 11 is 0. The molecule has 2 aromatic heterocycles. The fourth-order valence-electron chi connectivity index (χ4n) is 2.20. The second kappa shape index (κ2) is 4.28. The third-order valence-electron chi connectivity index (χ3n) is 3.03. The minimum absolute atomic E-state index is 0.674. The molecule has 3 rings (SSSR count). The van der Waals surface area contributed by atoms with Crippen molar-refractivity contribution in [3.8, 4) is 11.4 Å². The Morgan fingerprint density at radius 3 is 2.89 bits per heavy atom. The van der Waals surface area contributed by atoms with E-state index in [1.54, 1.807) is 13.3 Å². The van der Waals surface area contributed by atoms with Gasteiger partial charge in [-0.1, -0.05) is 0 Å². The van der Waals surface area contributed by atoms with E-state index in [0.717, 1.165) is 28.4 Å². The van der Waals surface area contributed by atoms with E-state index in [-0.39, 0.29) is 0 Å². The number of aromatic nitrogens is 3. The normalized spacial score (nSPS) is 10.8. The number of nitrogens with zero attached hydrogens (tertiary/aromatic N) is 3. The Balaban J connectivity index is 2.35. The highest BCUT2D eigenvalue weighted by atomic mass is 16.5. The van der Waals surface area contributed by atoms with Crippen molar-refractivity contribution in [2.75, 3.05) is 12.8 Å². The zero-order valence-corrected chi connectivity index (χ0v) is 10.8. The summed E-state index contributed by atoms with van der Waals surface area (Å²) in [5.41, 5.74) is 9.04. The first kappa shape index (κ1) is 11.5. The van der Waals surface area contributed by atoms with Crippen LogP contribution in [0.2, 0.25) is 0 Å². The fraction of sp³-hybridized carbons (Fsp3) is 0.143. The monoisotopic (exact) mass is 254 g/mol. The van der Waals surface area contributed by atoms with Gasteiger partial charge in [-0.2, -0.15) is 0 Å². The standard InChI is InChI=1S/C14H14N4O/c1-9-17-11-4-3-7-16-14(11)18(9)12-8-10(15)5-6-13(12)19-2/h3-8H,15H2,1-2H3. The second-order valence-electron chi connectivity index (χ2n) is 4.27. The maximum absolute atomic E-state index is 5.87.